The number of ether oxygens (including phenoxy) is 1. The van der Waals surface area contributed by atoms with Crippen LogP contribution in [0.15, 0.2) is 0 Å². The molecule has 5 nitrogen and oxygen atoms in total. The fourth-order valence-corrected chi connectivity index (χ4v) is 3.40. The maximum Gasteiger partial charge on any atom is 0.223 e. The Kier molecular flexibility index (Phi) is 6.39. The molecule has 96 valence electrons. The molecule has 0 saturated heterocycles. The molecule has 0 fully saturated rings. The lowest BCUT2D eigenvalue weighted by molar-refractivity contribution is 0.142. The maximum atomic E-state index is 12.1. The van der Waals surface area contributed by atoms with Crippen molar-refractivity contribution >= 4 is 27.2 Å². The molecule has 0 aromatic carbocycles. The number of nitrogens with zero attached hydrogens (tertiary/aromatic N) is 1. The summed E-state index contributed by atoms with van der Waals surface area (Å²) >= 11 is 4.73. The van der Waals surface area contributed by atoms with Gasteiger partial charge in [-0.3, -0.25) is 0 Å². The SMILES string of the molecule is CCN(C(C)COC)S(=O)(=O)C(C)C(N)=S. The van der Waals surface area contributed by atoms with E-state index in [-0.39, 0.29) is 11.0 Å². The van der Waals surface area contributed by atoms with E-state index in [9.17, 15) is 8.42 Å². The molecule has 0 amide bonds. The molecule has 0 spiro atoms. The van der Waals surface area contributed by atoms with Crippen molar-refractivity contribution in [2.24, 2.45) is 5.73 Å². The third-order valence-corrected chi connectivity index (χ3v) is 5.31. The molecule has 0 radical (unpaired) electrons. The molecule has 0 aliphatic carbocycles. The molecule has 2 N–H and O–H groups in total. The van der Waals surface area contributed by atoms with Gasteiger partial charge in [-0.1, -0.05) is 19.1 Å². The molecule has 0 aliphatic heterocycles. The van der Waals surface area contributed by atoms with E-state index in [0.29, 0.717) is 13.2 Å². The Balaban J connectivity index is 5.01. The molecule has 0 aromatic rings. The van der Waals surface area contributed by atoms with Crippen molar-refractivity contribution in [1.29, 1.82) is 0 Å². The van der Waals surface area contributed by atoms with E-state index in [1.807, 2.05) is 0 Å². The summed E-state index contributed by atoms with van der Waals surface area (Å²) in [5.74, 6) is 0. The minimum atomic E-state index is -3.48. The second-order valence-corrected chi connectivity index (χ2v) is 6.27. The summed E-state index contributed by atoms with van der Waals surface area (Å²) < 4.78 is 30.6. The largest absolute Gasteiger partial charge is 0.392 e. The number of likely N-dealkylation sites (N-methyl/N-ethyl adjacent to an activating group) is 1. The smallest absolute Gasteiger partial charge is 0.223 e. The summed E-state index contributed by atoms with van der Waals surface area (Å²) in [6.45, 7) is 5.78. The van der Waals surface area contributed by atoms with Gasteiger partial charge in [-0.25, -0.2) is 8.42 Å². The number of hydrogen-bond donors (Lipinski definition) is 1. The zero-order chi connectivity index (χ0) is 12.9. The zero-order valence-electron chi connectivity index (χ0n) is 10.1. The van der Waals surface area contributed by atoms with Gasteiger partial charge in [-0.2, -0.15) is 4.31 Å². The lowest BCUT2D eigenvalue weighted by Crippen LogP contribution is -2.48. The standard InChI is InChI=1S/C9H20N2O3S2/c1-5-11(7(2)6-14-4)16(12,13)8(3)9(10)15/h7-8H,5-6H2,1-4H3,(H2,10,15). The number of sulfonamides is 1. The third-order valence-electron chi connectivity index (χ3n) is 2.39. The minimum Gasteiger partial charge on any atom is -0.392 e. The monoisotopic (exact) mass is 268 g/mol. The normalized spacial score (nSPS) is 16.1. The Bertz CT molecular complexity index is 330. The van der Waals surface area contributed by atoms with E-state index in [0.717, 1.165) is 0 Å². The maximum absolute atomic E-state index is 12.1. The first-order valence-corrected chi connectivity index (χ1v) is 6.99. The highest BCUT2D eigenvalue weighted by molar-refractivity contribution is 7.92. The van der Waals surface area contributed by atoms with Crippen LogP contribution in [0.3, 0.4) is 0 Å². The van der Waals surface area contributed by atoms with Crippen molar-refractivity contribution in [1.82, 2.24) is 4.31 Å². The van der Waals surface area contributed by atoms with Crippen molar-refractivity contribution in [3.63, 3.8) is 0 Å². The van der Waals surface area contributed by atoms with Crippen LogP contribution in [0.2, 0.25) is 0 Å². The van der Waals surface area contributed by atoms with Crippen molar-refractivity contribution in [2.45, 2.75) is 32.1 Å². The van der Waals surface area contributed by atoms with Crippen LogP contribution in [-0.2, 0) is 14.8 Å². The Labute approximate surface area is 103 Å². The van der Waals surface area contributed by atoms with Crippen molar-refractivity contribution in [3.8, 4) is 0 Å². The van der Waals surface area contributed by atoms with E-state index in [1.165, 1.54) is 18.3 Å². The Morgan fingerprint density at radius 3 is 2.31 bits per heavy atom. The topological polar surface area (TPSA) is 72.6 Å². The van der Waals surface area contributed by atoms with Crippen LogP contribution in [0.25, 0.3) is 0 Å². The molecule has 0 bridgehead atoms. The fraction of sp³-hybridized carbons (Fsp3) is 0.889. The van der Waals surface area contributed by atoms with Gasteiger partial charge in [0, 0.05) is 19.7 Å². The van der Waals surface area contributed by atoms with Gasteiger partial charge in [-0.15, -0.1) is 0 Å². The molecule has 0 aromatic heterocycles. The first-order chi connectivity index (χ1) is 7.28. The van der Waals surface area contributed by atoms with Crippen LogP contribution in [-0.4, -0.2) is 49.3 Å². The highest BCUT2D eigenvalue weighted by Gasteiger charge is 2.32. The molecule has 16 heavy (non-hydrogen) atoms. The summed E-state index contributed by atoms with van der Waals surface area (Å²) in [6.07, 6.45) is 0. The third kappa shape index (κ3) is 3.65. The van der Waals surface area contributed by atoms with Crippen LogP contribution in [0, 0.1) is 0 Å². The highest BCUT2D eigenvalue weighted by Crippen LogP contribution is 2.13. The summed E-state index contributed by atoms with van der Waals surface area (Å²) in [4.78, 5) is -0.0110. The molecule has 2 atom stereocenters. The lowest BCUT2D eigenvalue weighted by Gasteiger charge is -2.29. The van der Waals surface area contributed by atoms with Crippen molar-refractivity contribution in [2.75, 3.05) is 20.3 Å². The molecule has 0 heterocycles. The van der Waals surface area contributed by atoms with Gasteiger partial charge in [0.15, 0.2) is 0 Å². The van der Waals surface area contributed by atoms with Crippen LogP contribution in [0.5, 0.6) is 0 Å². The summed E-state index contributed by atoms with van der Waals surface area (Å²) in [7, 11) is -1.95. The highest BCUT2D eigenvalue weighted by atomic mass is 32.2. The second kappa shape index (κ2) is 6.48. The molecular formula is C9H20N2O3S2. The van der Waals surface area contributed by atoms with Gasteiger partial charge in [0.05, 0.1) is 11.6 Å². The summed E-state index contributed by atoms with van der Waals surface area (Å²) in [5.41, 5.74) is 5.38. The van der Waals surface area contributed by atoms with Gasteiger partial charge in [0.2, 0.25) is 10.0 Å². The summed E-state index contributed by atoms with van der Waals surface area (Å²) in [6, 6.07) is -0.225. The van der Waals surface area contributed by atoms with Crippen LogP contribution in [0.4, 0.5) is 0 Å². The predicted octanol–water partition coefficient (Wildman–Crippen LogP) is 0.348. The first-order valence-electron chi connectivity index (χ1n) is 5.07. The minimum absolute atomic E-state index is 0.0110. The Morgan fingerprint density at radius 1 is 1.50 bits per heavy atom. The number of nitrogens with two attached hydrogens (primary N) is 1. The van der Waals surface area contributed by atoms with Crippen LogP contribution < -0.4 is 5.73 Å². The Morgan fingerprint density at radius 2 is 2.00 bits per heavy atom. The van der Waals surface area contributed by atoms with Gasteiger partial charge in [0.25, 0.3) is 0 Å². The second-order valence-electron chi connectivity index (χ2n) is 3.60. The number of methoxy groups -OCH3 is 1. The molecule has 0 aliphatic rings. The van der Waals surface area contributed by atoms with E-state index in [4.69, 9.17) is 22.7 Å². The van der Waals surface area contributed by atoms with Gasteiger partial charge < -0.3 is 10.5 Å². The number of hydrogen-bond acceptors (Lipinski definition) is 4. The first kappa shape index (κ1) is 15.8. The zero-order valence-corrected chi connectivity index (χ0v) is 11.8. The molecule has 0 rings (SSSR count). The molecule has 7 heteroatoms. The van der Waals surface area contributed by atoms with Gasteiger partial charge in [0.1, 0.15) is 5.25 Å². The summed E-state index contributed by atoms with van der Waals surface area (Å²) in [5, 5.41) is -0.846. The van der Waals surface area contributed by atoms with E-state index < -0.39 is 15.3 Å². The fourth-order valence-electron chi connectivity index (χ4n) is 1.42. The average molecular weight is 268 g/mol. The van der Waals surface area contributed by atoms with E-state index in [1.54, 1.807) is 13.8 Å². The van der Waals surface area contributed by atoms with Crippen LogP contribution in [0.1, 0.15) is 20.8 Å². The number of thiocarbonyl (C=S) groups is 1. The van der Waals surface area contributed by atoms with Gasteiger partial charge >= 0.3 is 0 Å². The molecule has 0 saturated carbocycles. The quantitative estimate of drug-likeness (QED) is 0.674. The molecular weight excluding hydrogens is 248 g/mol. The van der Waals surface area contributed by atoms with Crippen molar-refractivity contribution < 1.29 is 13.2 Å². The van der Waals surface area contributed by atoms with E-state index >= 15 is 0 Å². The Hall–Kier alpha value is -0.240. The van der Waals surface area contributed by atoms with E-state index in [2.05, 4.69) is 0 Å². The van der Waals surface area contributed by atoms with Gasteiger partial charge in [-0.05, 0) is 13.8 Å². The van der Waals surface area contributed by atoms with Crippen LogP contribution >= 0.6 is 12.2 Å². The number of rotatable bonds is 7. The van der Waals surface area contributed by atoms with Crippen molar-refractivity contribution in [3.05, 3.63) is 0 Å². The molecule has 2 unspecified atom stereocenters. The lowest BCUT2D eigenvalue weighted by atomic mass is 10.4. The predicted molar refractivity (Wildman–Crippen MR) is 68.9 cm³/mol. The average Bonchev–Trinajstić information content (AvgIpc) is 2.17.